The lowest BCUT2D eigenvalue weighted by Crippen LogP contribution is -2.46. The van der Waals surface area contributed by atoms with Crippen LogP contribution in [0.1, 0.15) is 56.7 Å². The van der Waals surface area contributed by atoms with Gasteiger partial charge in [0.05, 0.1) is 11.3 Å². The number of rotatable bonds is 5. The van der Waals surface area contributed by atoms with Crippen LogP contribution in [0.3, 0.4) is 0 Å². The maximum absolute atomic E-state index is 6.43. The van der Waals surface area contributed by atoms with E-state index in [2.05, 4.69) is 62.3 Å². The molecule has 4 atom stereocenters. The van der Waals surface area contributed by atoms with Crippen LogP contribution in [-0.2, 0) is 4.74 Å². The van der Waals surface area contributed by atoms with Crippen molar-refractivity contribution < 1.29 is 9.31 Å². The summed E-state index contributed by atoms with van der Waals surface area (Å²) >= 11 is 12.7. The second kappa shape index (κ2) is 8.40. The summed E-state index contributed by atoms with van der Waals surface area (Å²) in [5.74, 6) is 1.87. The first-order valence-electron chi connectivity index (χ1n) is 10.7. The Bertz CT molecular complexity index is 965. The van der Waals surface area contributed by atoms with Gasteiger partial charge in [-0.3, -0.25) is 0 Å². The van der Waals surface area contributed by atoms with Crippen LogP contribution in [0.15, 0.2) is 61.2 Å². The third kappa shape index (κ3) is 3.81. The van der Waals surface area contributed by atoms with Crippen LogP contribution in [0, 0.1) is 11.3 Å². The minimum Gasteiger partial charge on any atom is -0.441 e. The molecular formula is C26H30Cl2NO+. The Hall–Kier alpha value is -1.77. The predicted molar refractivity (Wildman–Crippen MR) is 126 cm³/mol. The number of benzene rings is 2. The van der Waals surface area contributed by atoms with Gasteiger partial charge in [0, 0.05) is 21.5 Å². The van der Waals surface area contributed by atoms with Crippen LogP contribution in [-0.4, -0.2) is 23.1 Å². The van der Waals surface area contributed by atoms with Crippen LogP contribution in [0.2, 0.25) is 10.0 Å². The molecule has 0 radical (unpaired) electrons. The third-order valence-corrected chi connectivity index (χ3v) is 7.19. The van der Waals surface area contributed by atoms with Crippen LogP contribution >= 0.6 is 23.2 Å². The number of halogens is 2. The minimum atomic E-state index is -0.0959. The highest BCUT2D eigenvalue weighted by atomic mass is 35.5. The monoisotopic (exact) mass is 442 g/mol. The molecule has 0 saturated carbocycles. The lowest BCUT2D eigenvalue weighted by atomic mass is 9.69. The molecule has 0 bridgehead atoms. The lowest BCUT2D eigenvalue weighted by Gasteiger charge is -2.39. The molecule has 4 rings (SSSR count). The van der Waals surface area contributed by atoms with Gasteiger partial charge in [-0.2, -0.15) is 4.58 Å². The van der Waals surface area contributed by atoms with Crippen molar-refractivity contribution in [2.45, 2.75) is 51.6 Å². The predicted octanol–water partition coefficient (Wildman–Crippen LogP) is 7.27. The molecule has 158 valence electrons. The Labute approximate surface area is 190 Å². The average molecular weight is 443 g/mol. The molecule has 0 amide bonds. The van der Waals surface area contributed by atoms with Crippen molar-refractivity contribution in [3.63, 3.8) is 0 Å². The first-order valence-corrected chi connectivity index (χ1v) is 11.5. The highest BCUT2D eigenvalue weighted by molar-refractivity contribution is 6.30. The van der Waals surface area contributed by atoms with Gasteiger partial charge >= 0.3 is 5.90 Å². The summed E-state index contributed by atoms with van der Waals surface area (Å²) in [6, 6.07) is 17.1. The Morgan fingerprint density at radius 1 is 1.13 bits per heavy atom. The lowest BCUT2D eigenvalue weighted by molar-refractivity contribution is -0.616. The van der Waals surface area contributed by atoms with Crippen LogP contribution in [0.4, 0.5) is 0 Å². The van der Waals surface area contributed by atoms with Gasteiger partial charge in [0.15, 0.2) is 18.7 Å². The molecule has 4 heteroatoms. The van der Waals surface area contributed by atoms with Crippen molar-refractivity contribution in [1.82, 2.24) is 0 Å². The topological polar surface area (TPSA) is 12.2 Å². The maximum Gasteiger partial charge on any atom is 0.343 e. The zero-order valence-electron chi connectivity index (χ0n) is 17.9. The van der Waals surface area contributed by atoms with Crippen LogP contribution in [0.25, 0.3) is 0 Å². The van der Waals surface area contributed by atoms with Crippen molar-refractivity contribution in [3.05, 3.63) is 82.4 Å². The highest BCUT2D eigenvalue weighted by Gasteiger charge is 2.57. The molecule has 0 aliphatic carbocycles. The Balaban J connectivity index is 1.94. The summed E-state index contributed by atoms with van der Waals surface area (Å²) in [6.45, 7) is 11.6. The molecule has 2 aromatic rings. The van der Waals surface area contributed by atoms with E-state index in [9.17, 15) is 0 Å². The number of allylic oxidation sites excluding steroid dienone is 1. The van der Waals surface area contributed by atoms with E-state index in [4.69, 9.17) is 27.9 Å². The van der Waals surface area contributed by atoms with E-state index in [0.29, 0.717) is 12.0 Å². The standard InChI is InChI=1S/C26H30Cl2NO/c1-5-13-26(4)15-22(19-7-6-8-21(28)14-19)24(18-9-11-20(27)12-10-18)29-23(17(2)3)16-30-25(26)29/h5-12,14,17,22-24H,1,13,15-16H2,2-4H3/q+1/t22-,23-,24-,26?/m1/s1. The fourth-order valence-electron chi connectivity index (χ4n) is 5.26. The van der Waals surface area contributed by atoms with E-state index in [0.717, 1.165) is 35.4 Å². The molecule has 2 heterocycles. The smallest absolute Gasteiger partial charge is 0.343 e. The zero-order valence-corrected chi connectivity index (χ0v) is 19.5. The summed E-state index contributed by atoms with van der Waals surface area (Å²) in [5, 5.41) is 1.54. The molecule has 0 fully saturated rings. The van der Waals surface area contributed by atoms with Crippen molar-refractivity contribution in [2.24, 2.45) is 11.3 Å². The second-order valence-corrected chi connectivity index (χ2v) is 10.1. The number of hydrogen-bond donors (Lipinski definition) is 0. The van der Waals surface area contributed by atoms with E-state index in [-0.39, 0.29) is 17.4 Å². The number of nitrogens with zero attached hydrogens (tertiary/aromatic N) is 1. The zero-order chi connectivity index (χ0) is 21.5. The Morgan fingerprint density at radius 3 is 2.50 bits per heavy atom. The van der Waals surface area contributed by atoms with E-state index >= 15 is 0 Å². The third-order valence-electron chi connectivity index (χ3n) is 6.70. The molecular weight excluding hydrogens is 413 g/mol. The Morgan fingerprint density at radius 2 is 1.87 bits per heavy atom. The number of ether oxygens (including phenoxy) is 1. The molecule has 2 aliphatic rings. The maximum atomic E-state index is 6.43. The van der Waals surface area contributed by atoms with Gasteiger partial charge in [-0.15, -0.1) is 6.58 Å². The summed E-state index contributed by atoms with van der Waals surface area (Å²) in [6.07, 6.45) is 3.88. The summed E-state index contributed by atoms with van der Waals surface area (Å²) in [5.41, 5.74) is 2.44. The van der Waals surface area contributed by atoms with Crippen molar-refractivity contribution >= 4 is 29.1 Å². The summed E-state index contributed by atoms with van der Waals surface area (Å²) in [7, 11) is 0. The van der Waals surface area contributed by atoms with Crippen LogP contribution in [0.5, 0.6) is 0 Å². The highest BCUT2D eigenvalue weighted by Crippen LogP contribution is 2.51. The van der Waals surface area contributed by atoms with Gasteiger partial charge in [-0.1, -0.05) is 67.4 Å². The SMILES string of the molecule is C=CCC1(C)C[C@H](c2cccc(Cl)c2)[C@@H](c2ccc(Cl)cc2)[N+]2=C1OC[C@@H]2C(C)C. The minimum absolute atomic E-state index is 0.0959. The molecule has 2 aromatic carbocycles. The molecule has 1 unspecified atom stereocenters. The normalized spacial score (nSPS) is 28.4. The van der Waals surface area contributed by atoms with Gasteiger partial charge < -0.3 is 4.74 Å². The van der Waals surface area contributed by atoms with E-state index in [1.54, 1.807) is 0 Å². The first kappa shape index (κ1) is 21.5. The molecule has 0 spiro atoms. The average Bonchev–Trinajstić information content (AvgIpc) is 3.15. The molecule has 0 N–H and O–H groups in total. The van der Waals surface area contributed by atoms with Gasteiger partial charge in [0.2, 0.25) is 0 Å². The fourth-order valence-corrected chi connectivity index (χ4v) is 5.58. The Kier molecular flexibility index (Phi) is 6.01. The largest absolute Gasteiger partial charge is 0.441 e. The van der Waals surface area contributed by atoms with Gasteiger partial charge in [-0.05, 0) is 49.6 Å². The molecule has 2 nitrogen and oxygen atoms in total. The summed E-state index contributed by atoms with van der Waals surface area (Å²) in [4.78, 5) is 0. The van der Waals surface area contributed by atoms with Gasteiger partial charge in [-0.25, -0.2) is 0 Å². The quantitative estimate of drug-likeness (QED) is 0.350. The molecule has 0 saturated heterocycles. The van der Waals surface area contributed by atoms with Crippen molar-refractivity contribution in [2.75, 3.05) is 6.61 Å². The van der Waals surface area contributed by atoms with Gasteiger partial charge in [0.25, 0.3) is 0 Å². The van der Waals surface area contributed by atoms with Crippen molar-refractivity contribution in [3.8, 4) is 0 Å². The van der Waals surface area contributed by atoms with Gasteiger partial charge in [0.1, 0.15) is 0 Å². The fraction of sp³-hybridized carbons (Fsp3) is 0.423. The van der Waals surface area contributed by atoms with Crippen LogP contribution < -0.4 is 0 Å². The second-order valence-electron chi connectivity index (χ2n) is 9.25. The first-order chi connectivity index (χ1) is 14.3. The summed E-state index contributed by atoms with van der Waals surface area (Å²) < 4.78 is 8.99. The molecule has 30 heavy (non-hydrogen) atoms. The van der Waals surface area contributed by atoms with E-state index < -0.39 is 0 Å². The molecule has 0 aromatic heterocycles. The van der Waals surface area contributed by atoms with Crippen molar-refractivity contribution in [1.29, 1.82) is 0 Å². The van der Waals surface area contributed by atoms with E-state index in [1.807, 2.05) is 24.3 Å². The van der Waals surface area contributed by atoms with E-state index in [1.165, 1.54) is 11.1 Å². The molecule has 2 aliphatic heterocycles. The number of hydrogen-bond acceptors (Lipinski definition) is 1.